The number of anilines is 3. The summed E-state index contributed by atoms with van der Waals surface area (Å²) in [5.74, 6) is -0.335. The zero-order valence-electron chi connectivity index (χ0n) is 19.5. The summed E-state index contributed by atoms with van der Waals surface area (Å²) in [4.78, 5) is 12.4. The normalized spacial score (nSPS) is 11.7. The molecule has 0 aliphatic carbocycles. The Morgan fingerprint density at radius 3 is 2.25 bits per heavy atom. The Labute approximate surface area is 221 Å². The number of nitrogens with zero attached hydrogens (tertiary/aromatic N) is 1. The van der Waals surface area contributed by atoms with E-state index >= 15 is 0 Å². The number of carbonyl (C=O) groups is 1. The molecule has 0 unspecified atom stereocenters. The van der Waals surface area contributed by atoms with Gasteiger partial charge in [-0.05, 0) is 73.5 Å². The van der Waals surface area contributed by atoms with Crippen molar-refractivity contribution in [1.29, 1.82) is 0 Å². The van der Waals surface area contributed by atoms with E-state index in [2.05, 4.69) is 10.0 Å². The Bertz CT molecular complexity index is 1460. The third kappa shape index (κ3) is 7.36. The SMILES string of the molecule is Cc1c(Cl)cccc1NS(=O)(=O)c1ccc(NC(=O)CCCN(c2cccc(Cl)c2)S(C)(=O)=O)cc1. The highest BCUT2D eigenvalue weighted by Gasteiger charge is 2.19. The quantitative estimate of drug-likeness (QED) is 0.344. The van der Waals surface area contributed by atoms with Gasteiger partial charge in [-0.15, -0.1) is 0 Å². The summed E-state index contributed by atoms with van der Waals surface area (Å²) in [5, 5.41) is 3.54. The zero-order chi connectivity index (χ0) is 26.5. The van der Waals surface area contributed by atoms with Crippen molar-refractivity contribution in [2.75, 3.05) is 27.1 Å². The first-order valence-corrected chi connectivity index (χ1v) is 14.9. The van der Waals surface area contributed by atoms with Crippen molar-refractivity contribution >= 4 is 66.2 Å². The molecule has 0 bridgehead atoms. The van der Waals surface area contributed by atoms with Crippen LogP contribution < -0.4 is 14.3 Å². The van der Waals surface area contributed by atoms with Crippen LogP contribution in [0, 0.1) is 6.92 Å². The lowest BCUT2D eigenvalue weighted by atomic mass is 10.2. The first-order valence-electron chi connectivity index (χ1n) is 10.8. The van der Waals surface area contributed by atoms with Gasteiger partial charge in [-0.1, -0.05) is 35.3 Å². The molecule has 3 aromatic carbocycles. The smallest absolute Gasteiger partial charge is 0.261 e. The molecule has 0 aliphatic heterocycles. The molecular weight excluding hydrogens is 545 g/mol. The number of halogens is 2. The first-order chi connectivity index (χ1) is 16.9. The predicted molar refractivity (Wildman–Crippen MR) is 145 cm³/mol. The Kier molecular flexibility index (Phi) is 8.89. The highest BCUT2D eigenvalue weighted by molar-refractivity contribution is 7.92. The largest absolute Gasteiger partial charge is 0.326 e. The van der Waals surface area contributed by atoms with E-state index in [1.165, 1.54) is 28.6 Å². The van der Waals surface area contributed by atoms with Crippen LogP contribution in [0.5, 0.6) is 0 Å². The van der Waals surface area contributed by atoms with Crippen molar-refractivity contribution in [3.8, 4) is 0 Å². The highest BCUT2D eigenvalue weighted by Crippen LogP contribution is 2.26. The van der Waals surface area contributed by atoms with Crippen molar-refractivity contribution < 1.29 is 21.6 Å². The molecule has 1 amide bonds. The Hall–Kier alpha value is -2.79. The molecule has 0 saturated carbocycles. The van der Waals surface area contributed by atoms with Gasteiger partial charge in [-0.3, -0.25) is 13.8 Å². The summed E-state index contributed by atoms with van der Waals surface area (Å²) in [7, 11) is -7.42. The molecule has 8 nitrogen and oxygen atoms in total. The Balaban J connectivity index is 1.59. The maximum Gasteiger partial charge on any atom is 0.261 e. The number of amides is 1. The minimum atomic E-state index is -3.86. The summed E-state index contributed by atoms with van der Waals surface area (Å²) in [6, 6.07) is 17.1. The van der Waals surface area contributed by atoms with Crippen LogP contribution in [0.2, 0.25) is 10.0 Å². The molecule has 0 aliphatic rings. The lowest BCUT2D eigenvalue weighted by Crippen LogP contribution is -2.31. The van der Waals surface area contributed by atoms with Crippen molar-refractivity contribution in [1.82, 2.24) is 0 Å². The maximum absolute atomic E-state index is 12.7. The van der Waals surface area contributed by atoms with E-state index in [1.807, 2.05) is 0 Å². The fraction of sp³-hybridized carbons (Fsp3) is 0.208. The summed E-state index contributed by atoms with van der Waals surface area (Å²) in [6.45, 7) is 1.81. The second kappa shape index (κ2) is 11.5. The molecule has 3 aromatic rings. The number of carbonyl (C=O) groups excluding carboxylic acids is 1. The van der Waals surface area contributed by atoms with E-state index in [0.29, 0.717) is 32.7 Å². The fourth-order valence-electron chi connectivity index (χ4n) is 3.36. The molecule has 36 heavy (non-hydrogen) atoms. The van der Waals surface area contributed by atoms with E-state index in [0.717, 1.165) is 6.26 Å². The van der Waals surface area contributed by atoms with E-state index < -0.39 is 20.0 Å². The number of rotatable bonds is 10. The van der Waals surface area contributed by atoms with Gasteiger partial charge >= 0.3 is 0 Å². The van der Waals surface area contributed by atoms with Crippen LogP contribution in [0.25, 0.3) is 0 Å². The molecule has 0 radical (unpaired) electrons. The van der Waals surface area contributed by atoms with Crippen LogP contribution in [0.4, 0.5) is 17.1 Å². The Morgan fingerprint density at radius 1 is 0.944 bits per heavy atom. The molecule has 0 saturated heterocycles. The van der Waals surface area contributed by atoms with Crippen molar-refractivity contribution in [2.45, 2.75) is 24.7 Å². The summed E-state index contributed by atoms with van der Waals surface area (Å²) in [5.41, 5.74) is 1.81. The molecule has 0 heterocycles. The monoisotopic (exact) mass is 569 g/mol. The van der Waals surface area contributed by atoms with Gasteiger partial charge in [0.2, 0.25) is 15.9 Å². The molecule has 3 rings (SSSR count). The van der Waals surface area contributed by atoms with Gasteiger partial charge in [0.05, 0.1) is 22.5 Å². The number of hydrogen-bond donors (Lipinski definition) is 2. The number of sulfonamides is 2. The van der Waals surface area contributed by atoms with Gasteiger partial charge in [0.1, 0.15) is 0 Å². The van der Waals surface area contributed by atoms with Crippen LogP contribution in [0.3, 0.4) is 0 Å². The molecule has 0 spiro atoms. The highest BCUT2D eigenvalue weighted by atomic mass is 35.5. The summed E-state index contributed by atoms with van der Waals surface area (Å²) in [6.07, 6.45) is 1.41. The summed E-state index contributed by atoms with van der Waals surface area (Å²) < 4.78 is 53.5. The van der Waals surface area contributed by atoms with Crippen LogP contribution in [-0.2, 0) is 24.8 Å². The van der Waals surface area contributed by atoms with E-state index in [-0.39, 0.29) is 30.2 Å². The van der Waals surface area contributed by atoms with Crippen LogP contribution in [-0.4, -0.2) is 35.5 Å². The average Bonchev–Trinajstić information content (AvgIpc) is 2.79. The van der Waals surface area contributed by atoms with Crippen LogP contribution in [0.15, 0.2) is 71.6 Å². The van der Waals surface area contributed by atoms with Gasteiger partial charge in [0, 0.05) is 28.7 Å². The predicted octanol–water partition coefficient (Wildman–Crippen LogP) is 5.29. The van der Waals surface area contributed by atoms with E-state index in [1.54, 1.807) is 49.4 Å². The van der Waals surface area contributed by atoms with Gasteiger partial charge in [-0.2, -0.15) is 0 Å². The number of nitrogens with one attached hydrogen (secondary N) is 2. The second-order valence-electron chi connectivity index (χ2n) is 8.01. The minimum Gasteiger partial charge on any atom is -0.326 e. The lowest BCUT2D eigenvalue weighted by Gasteiger charge is -2.22. The van der Waals surface area contributed by atoms with E-state index in [4.69, 9.17) is 23.2 Å². The van der Waals surface area contributed by atoms with Gasteiger partial charge in [0.15, 0.2) is 0 Å². The molecule has 12 heteroatoms. The van der Waals surface area contributed by atoms with Crippen molar-refractivity contribution in [3.05, 3.63) is 82.3 Å². The maximum atomic E-state index is 12.7. The summed E-state index contributed by atoms with van der Waals surface area (Å²) >= 11 is 12.0. The number of benzene rings is 3. The topological polar surface area (TPSA) is 113 Å². The van der Waals surface area contributed by atoms with E-state index in [9.17, 15) is 21.6 Å². The molecular formula is C24H25Cl2N3O5S2. The van der Waals surface area contributed by atoms with Crippen LogP contribution >= 0.6 is 23.2 Å². The van der Waals surface area contributed by atoms with Crippen molar-refractivity contribution in [3.63, 3.8) is 0 Å². The lowest BCUT2D eigenvalue weighted by molar-refractivity contribution is -0.116. The van der Waals surface area contributed by atoms with Gasteiger partial charge < -0.3 is 5.32 Å². The minimum absolute atomic E-state index is 0.0187. The molecule has 0 fully saturated rings. The number of hydrogen-bond acceptors (Lipinski definition) is 5. The standard InChI is InChI=1S/C24H25Cl2N3O5S2/c1-17-22(26)8-4-9-23(17)28-36(33,34)21-13-11-19(12-14-21)27-24(30)10-5-15-29(35(2,31)32)20-7-3-6-18(25)16-20/h3-4,6-9,11-14,16,28H,5,10,15H2,1-2H3,(H,27,30). The third-order valence-corrected chi connectivity index (χ3v) is 8.44. The van der Waals surface area contributed by atoms with Crippen molar-refractivity contribution in [2.24, 2.45) is 0 Å². The third-order valence-electron chi connectivity index (χ3n) is 5.22. The fourth-order valence-corrected chi connectivity index (χ4v) is 5.80. The zero-order valence-corrected chi connectivity index (χ0v) is 22.7. The van der Waals surface area contributed by atoms with Gasteiger partial charge in [-0.25, -0.2) is 16.8 Å². The molecule has 0 atom stereocenters. The molecule has 192 valence electrons. The van der Waals surface area contributed by atoms with Crippen LogP contribution in [0.1, 0.15) is 18.4 Å². The first kappa shape index (κ1) is 27.8. The molecule has 2 N–H and O–H groups in total. The second-order valence-corrected chi connectivity index (χ2v) is 12.4. The average molecular weight is 571 g/mol. The Morgan fingerprint density at radius 2 is 1.61 bits per heavy atom. The molecule has 0 aromatic heterocycles. The van der Waals surface area contributed by atoms with Gasteiger partial charge in [0.25, 0.3) is 10.0 Å².